The number of carbonyl (C=O) groups excluding carboxylic acids is 1. The third kappa shape index (κ3) is 6.04. The van der Waals surface area contributed by atoms with E-state index < -0.39 is 5.97 Å². The van der Waals surface area contributed by atoms with Gasteiger partial charge in [-0.05, 0) is 32.4 Å². The van der Waals surface area contributed by atoms with Crippen molar-refractivity contribution in [3.05, 3.63) is 29.3 Å². The van der Waals surface area contributed by atoms with Gasteiger partial charge in [-0.1, -0.05) is 23.7 Å². The third-order valence-corrected chi connectivity index (χ3v) is 3.23. The van der Waals surface area contributed by atoms with E-state index in [1.807, 2.05) is 13.8 Å². The fourth-order valence-electron chi connectivity index (χ4n) is 1.86. The Hall–Kier alpha value is -1.75. The van der Waals surface area contributed by atoms with Crippen molar-refractivity contribution in [2.24, 2.45) is 0 Å². The van der Waals surface area contributed by atoms with Gasteiger partial charge in [-0.15, -0.1) is 0 Å². The van der Waals surface area contributed by atoms with Crippen molar-refractivity contribution >= 4 is 23.5 Å². The Bertz CT molecular complexity index is 490. The monoisotopic (exact) mass is 313 g/mol. The Morgan fingerprint density at radius 3 is 2.57 bits per heavy atom. The maximum atomic E-state index is 12.2. The highest BCUT2D eigenvalue weighted by Crippen LogP contribution is 2.23. The normalized spacial score (nSPS) is 10.5. The molecule has 21 heavy (non-hydrogen) atoms. The number of carboxylic acid groups (broad SMARTS) is 1. The smallest absolute Gasteiger partial charge is 0.303 e. The summed E-state index contributed by atoms with van der Waals surface area (Å²) in [5.41, 5.74) is 0. The van der Waals surface area contributed by atoms with E-state index in [0.29, 0.717) is 23.7 Å². The van der Waals surface area contributed by atoms with E-state index in [-0.39, 0.29) is 25.0 Å². The van der Waals surface area contributed by atoms with Crippen LogP contribution in [0.25, 0.3) is 0 Å². The van der Waals surface area contributed by atoms with Crippen LogP contribution in [0.15, 0.2) is 24.3 Å². The zero-order chi connectivity index (χ0) is 15.8. The molecule has 0 aliphatic carbocycles. The second-order valence-electron chi connectivity index (χ2n) is 4.90. The van der Waals surface area contributed by atoms with Crippen molar-refractivity contribution in [1.29, 1.82) is 0 Å². The molecule has 0 saturated heterocycles. The van der Waals surface area contributed by atoms with E-state index in [1.165, 1.54) is 0 Å². The molecule has 1 N–H and O–H groups in total. The SMILES string of the molecule is CC(C)N(CCCC(=O)O)C(=O)COc1ccccc1Cl. The summed E-state index contributed by atoms with van der Waals surface area (Å²) in [6.07, 6.45) is 0.465. The Morgan fingerprint density at radius 2 is 2.00 bits per heavy atom. The lowest BCUT2D eigenvalue weighted by Crippen LogP contribution is -2.40. The molecule has 116 valence electrons. The molecule has 6 heteroatoms. The number of nitrogens with zero attached hydrogens (tertiary/aromatic N) is 1. The van der Waals surface area contributed by atoms with Gasteiger partial charge in [-0.2, -0.15) is 0 Å². The number of carbonyl (C=O) groups is 2. The summed E-state index contributed by atoms with van der Waals surface area (Å²) < 4.78 is 5.42. The van der Waals surface area contributed by atoms with E-state index in [1.54, 1.807) is 29.2 Å². The van der Waals surface area contributed by atoms with Gasteiger partial charge in [-0.3, -0.25) is 9.59 Å². The largest absolute Gasteiger partial charge is 0.482 e. The minimum atomic E-state index is -0.863. The van der Waals surface area contributed by atoms with Gasteiger partial charge in [-0.25, -0.2) is 0 Å². The van der Waals surface area contributed by atoms with Crippen LogP contribution in [-0.4, -0.2) is 41.1 Å². The molecule has 0 aromatic heterocycles. The fraction of sp³-hybridized carbons (Fsp3) is 0.467. The Kier molecular flexibility index (Phi) is 7.02. The molecule has 0 aliphatic rings. The topological polar surface area (TPSA) is 66.8 Å². The zero-order valence-corrected chi connectivity index (χ0v) is 13.0. The molecule has 0 atom stereocenters. The Labute approximate surface area is 129 Å². The van der Waals surface area contributed by atoms with Gasteiger partial charge < -0.3 is 14.7 Å². The number of aliphatic carboxylic acids is 1. The van der Waals surface area contributed by atoms with Gasteiger partial charge in [0, 0.05) is 19.0 Å². The quantitative estimate of drug-likeness (QED) is 0.801. The molecule has 0 spiro atoms. The first kappa shape index (κ1) is 17.3. The summed E-state index contributed by atoms with van der Waals surface area (Å²) in [5.74, 6) is -0.587. The van der Waals surface area contributed by atoms with Crippen LogP contribution in [0.4, 0.5) is 0 Å². The first-order valence-corrected chi connectivity index (χ1v) is 7.18. The van der Waals surface area contributed by atoms with Gasteiger partial charge in [0.2, 0.25) is 0 Å². The number of amides is 1. The molecule has 1 aromatic rings. The maximum absolute atomic E-state index is 12.2. The third-order valence-electron chi connectivity index (χ3n) is 2.92. The van der Waals surface area contributed by atoms with Crippen molar-refractivity contribution in [3.8, 4) is 5.75 Å². The van der Waals surface area contributed by atoms with E-state index in [4.69, 9.17) is 21.4 Å². The number of hydrogen-bond donors (Lipinski definition) is 1. The number of carboxylic acids is 1. The predicted octanol–water partition coefficient (Wildman–Crippen LogP) is 2.82. The van der Waals surface area contributed by atoms with Crippen LogP contribution in [0, 0.1) is 0 Å². The van der Waals surface area contributed by atoms with Crippen molar-refractivity contribution in [2.75, 3.05) is 13.2 Å². The van der Waals surface area contributed by atoms with Crippen LogP contribution in [0.3, 0.4) is 0 Å². The summed E-state index contributed by atoms with van der Waals surface area (Å²) in [6.45, 7) is 4.05. The number of halogens is 1. The van der Waals surface area contributed by atoms with Gasteiger partial charge >= 0.3 is 5.97 Å². The molecule has 1 aromatic carbocycles. The minimum Gasteiger partial charge on any atom is -0.482 e. The minimum absolute atomic E-state index is 0.0128. The number of hydrogen-bond acceptors (Lipinski definition) is 3. The lowest BCUT2D eigenvalue weighted by molar-refractivity contribution is -0.139. The first-order chi connectivity index (χ1) is 9.91. The van der Waals surface area contributed by atoms with Gasteiger partial charge in [0.15, 0.2) is 6.61 Å². The molecule has 0 unspecified atom stereocenters. The molecule has 0 fully saturated rings. The van der Waals surface area contributed by atoms with Crippen LogP contribution in [-0.2, 0) is 9.59 Å². The lowest BCUT2D eigenvalue weighted by atomic mass is 10.2. The fourth-order valence-corrected chi connectivity index (χ4v) is 2.05. The number of benzene rings is 1. The van der Waals surface area contributed by atoms with E-state index >= 15 is 0 Å². The van der Waals surface area contributed by atoms with E-state index in [9.17, 15) is 9.59 Å². The summed E-state index contributed by atoms with van der Waals surface area (Å²) in [5, 5.41) is 9.09. The van der Waals surface area contributed by atoms with Crippen LogP contribution in [0.1, 0.15) is 26.7 Å². The summed E-state index contributed by atoms with van der Waals surface area (Å²) in [7, 11) is 0. The maximum Gasteiger partial charge on any atom is 0.303 e. The Morgan fingerprint density at radius 1 is 1.33 bits per heavy atom. The van der Waals surface area contributed by atoms with Crippen LogP contribution >= 0.6 is 11.6 Å². The summed E-state index contributed by atoms with van der Waals surface area (Å²) in [4.78, 5) is 24.3. The van der Waals surface area contributed by atoms with Gasteiger partial charge in [0.1, 0.15) is 5.75 Å². The van der Waals surface area contributed by atoms with Crippen LogP contribution in [0.2, 0.25) is 5.02 Å². The molecular formula is C15H20ClNO4. The highest BCUT2D eigenvalue weighted by Gasteiger charge is 2.18. The molecule has 0 saturated carbocycles. The molecule has 0 bridgehead atoms. The standard InChI is InChI=1S/C15H20ClNO4/c1-11(2)17(9-5-8-15(19)20)14(18)10-21-13-7-4-3-6-12(13)16/h3-4,6-7,11H,5,8-10H2,1-2H3,(H,19,20). The van der Waals surface area contributed by atoms with Crippen molar-refractivity contribution in [1.82, 2.24) is 4.90 Å². The Balaban J connectivity index is 2.53. The molecular weight excluding hydrogens is 294 g/mol. The van der Waals surface area contributed by atoms with Crippen molar-refractivity contribution in [2.45, 2.75) is 32.7 Å². The predicted molar refractivity (Wildman–Crippen MR) is 80.7 cm³/mol. The molecule has 0 heterocycles. The van der Waals surface area contributed by atoms with Crippen molar-refractivity contribution in [3.63, 3.8) is 0 Å². The average molecular weight is 314 g/mol. The molecule has 0 aliphatic heterocycles. The number of rotatable bonds is 8. The van der Waals surface area contributed by atoms with Gasteiger partial charge in [0.05, 0.1) is 5.02 Å². The molecule has 1 rings (SSSR count). The second-order valence-corrected chi connectivity index (χ2v) is 5.30. The second kappa shape index (κ2) is 8.52. The molecule has 0 radical (unpaired) electrons. The summed E-state index contributed by atoms with van der Waals surface area (Å²) >= 11 is 5.95. The average Bonchev–Trinajstić information content (AvgIpc) is 2.41. The van der Waals surface area contributed by atoms with Crippen molar-refractivity contribution < 1.29 is 19.4 Å². The van der Waals surface area contributed by atoms with E-state index in [2.05, 4.69) is 0 Å². The molecule has 1 amide bonds. The molecule has 5 nitrogen and oxygen atoms in total. The van der Waals surface area contributed by atoms with Crippen LogP contribution in [0.5, 0.6) is 5.75 Å². The highest BCUT2D eigenvalue weighted by atomic mass is 35.5. The zero-order valence-electron chi connectivity index (χ0n) is 12.2. The van der Waals surface area contributed by atoms with Gasteiger partial charge in [0.25, 0.3) is 5.91 Å². The lowest BCUT2D eigenvalue weighted by Gasteiger charge is -2.26. The number of ether oxygens (including phenoxy) is 1. The highest BCUT2D eigenvalue weighted by molar-refractivity contribution is 6.32. The van der Waals surface area contributed by atoms with Crippen LogP contribution < -0.4 is 4.74 Å². The summed E-state index contributed by atoms with van der Waals surface area (Å²) in [6, 6.07) is 6.93. The first-order valence-electron chi connectivity index (χ1n) is 6.80. The number of para-hydroxylation sites is 1. The van der Waals surface area contributed by atoms with E-state index in [0.717, 1.165) is 0 Å².